The summed E-state index contributed by atoms with van der Waals surface area (Å²) in [5.41, 5.74) is 0.0452. The zero-order valence-corrected chi connectivity index (χ0v) is 9.92. The van der Waals surface area contributed by atoms with E-state index in [1.807, 2.05) is 0 Å². The Morgan fingerprint density at radius 3 is 2.95 bits per heavy atom. The second-order valence-electron chi connectivity index (χ2n) is 3.88. The highest BCUT2D eigenvalue weighted by molar-refractivity contribution is 5.86. The number of nitro groups is 1. The van der Waals surface area contributed by atoms with Crippen molar-refractivity contribution in [3.63, 3.8) is 0 Å². The first-order valence-corrected chi connectivity index (χ1v) is 5.64. The van der Waals surface area contributed by atoms with Crippen LogP contribution in [-0.2, 0) is 0 Å². The van der Waals surface area contributed by atoms with Crippen LogP contribution in [0.5, 0.6) is 0 Å². The van der Waals surface area contributed by atoms with Crippen molar-refractivity contribution >= 4 is 22.3 Å². The van der Waals surface area contributed by atoms with Gasteiger partial charge < -0.3 is 15.4 Å². The van der Waals surface area contributed by atoms with E-state index in [1.165, 1.54) is 18.5 Å². The molecule has 0 fully saturated rings. The molecule has 0 saturated heterocycles. The number of nitrogens with zero attached hydrogens (tertiary/aromatic N) is 2. The van der Waals surface area contributed by atoms with Crippen LogP contribution in [0.3, 0.4) is 0 Å². The first-order valence-electron chi connectivity index (χ1n) is 5.64. The molecule has 100 valence electrons. The molecule has 0 atom stereocenters. The molecule has 1 aromatic carbocycles. The predicted octanol–water partition coefficient (Wildman–Crippen LogP) is 0.626. The number of rotatable bonds is 5. The van der Waals surface area contributed by atoms with Gasteiger partial charge in [0, 0.05) is 19.2 Å². The molecular weight excluding hydrogens is 252 g/mol. The van der Waals surface area contributed by atoms with Crippen molar-refractivity contribution in [3.05, 3.63) is 38.9 Å². The minimum atomic E-state index is -0.562. The number of hydrogen-bond acceptors (Lipinski definition) is 6. The molecular formula is C11H12N4O4. The third kappa shape index (κ3) is 2.68. The van der Waals surface area contributed by atoms with Crippen molar-refractivity contribution in [2.75, 3.05) is 18.5 Å². The van der Waals surface area contributed by atoms with E-state index in [0.717, 1.165) is 0 Å². The topological polar surface area (TPSA) is 121 Å². The summed E-state index contributed by atoms with van der Waals surface area (Å²) in [7, 11) is 0. The molecule has 2 aromatic rings. The summed E-state index contributed by atoms with van der Waals surface area (Å²) in [6.07, 6.45) is 1.71. The molecule has 0 radical (unpaired) electrons. The maximum atomic E-state index is 11.6. The molecule has 0 aliphatic carbocycles. The highest BCUT2D eigenvalue weighted by Crippen LogP contribution is 2.27. The molecule has 3 N–H and O–H groups in total. The molecule has 0 unspecified atom stereocenters. The molecule has 19 heavy (non-hydrogen) atoms. The quantitative estimate of drug-likeness (QED) is 0.413. The van der Waals surface area contributed by atoms with Crippen LogP contribution in [0.1, 0.15) is 6.42 Å². The number of aromatic nitrogens is 2. The molecule has 8 nitrogen and oxygen atoms in total. The summed E-state index contributed by atoms with van der Waals surface area (Å²) >= 11 is 0. The van der Waals surface area contributed by atoms with Gasteiger partial charge in [0.2, 0.25) is 0 Å². The van der Waals surface area contributed by atoms with E-state index in [1.54, 1.807) is 0 Å². The molecule has 0 spiro atoms. The van der Waals surface area contributed by atoms with Crippen molar-refractivity contribution in [2.24, 2.45) is 0 Å². The number of nitrogens with one attached hydrogen (secondary N) is 2. The van der Waals surface area contributed by atoms with Gasteiger partial charge in [-0.3, -0.25) is 14.9 Å². The zero-order valence-electron chi connectivity index (χ0n) is 9.92. The fraction of sp³-hybridized carbons (Fsp3) is 0.273. The number of benzene rings is 1. The number of nitro benzene ring substituents is 1. The highest BCUT2D eigenvalue weighted by atomic mass is 16.6. The number of H-pyrrole nitrogens is 1. The van der Waals surface area contributed by atoms with E-state index in [2.05, 4.69) is 15.3 Å². The third-order valence-electron chi connectivity index (χ3n) is 2.60. The fourth-order valence-corrected chi connectivity index (χ4v) is 1.70. The number of hydrogen-bond donors (Lipinski definition) is 3. The molecule has 8 heteroatoms. The lowest BCUT2D eigenvalue weighted by Gasteiger charge is -2.07. The lowest BCUT2D eigenvalue weighted by Crippen LogP contribution is -2.09. The Morgan fingerprint density at radius 1 is 1.47 bits per heavy atom. The van der Waals surface area contributed by atoms with Gasteiger partial charge in [-0.15, -0.1) is 0 Å². The first-order chi connectivity index (χ1) is 9.13. The standard InChI is InChI=1S/C11H12N4O4/c16-3-1-2-12-9-5-8-7(4-10(9)15(18)19)11(17)14-6-13-8/h4-6,12,16H,1-3H2,(H,13,14,17). The number of fused-ring (bicyclic) bond motifs is 1. The Kier molecular flexibility index (Phi) is 3.71. The average Bonchev–Trinajstić information content (AvgIpc) is 2.38. The van der Waals surface area contributed by atoms with Crippen molar-refractivity contribution in [1.82, 2.24) is 9.97 Å². The molecule has 0 amide bonds. The van der Waals surface area contributed by atoms with Gasteiger partial charge in [-0.2, -0.15) is 0 Å². The van der Waals surface area contributed by atoms with E-state index < -0.39 is 10.5 Å². The molecule has 0 saturated carbocycles. The van der Waals surface area contributed by atoms with Gasteiger partial charge in [-0.1, -0.05) is 0 Å². The second-order valence-corrected chi connectivity index (χ2v) is 3.88. The van der Waals surface area contributed by atoms with Crippen LogP contribution in [0.4, 0.5) is 11.4 Å². The predicted molar refractivity (Wildman–Crippen MR) is 69.2 cm³/mol. The number of anilines is 1. The Balaban J connectivity index is 2.52. The minimum absolute atomic E-state index is 0.00764. The Morgan fingerprint density at radius 2 is 2.26 bits per heavy atom. The van der Waals surface area contributed by atoms with E-state index in [-0.39, 0.29) is 23.4 Å². The summed E-state index contributed by atoms with van der Waals surface area (Å²) in [6.45, 7) is 0.387. The van der Waals surface area contributed by atoms with Crippen molar-refractivity contribution in [2.45, 2.75) is 6.42 Å². The number of aromatic amines is 1. The van der Waals surface area contributed by atoms with Crippen molar-refractivity contribution in [1.29, 1.82) is 0 Å². The van der Waals surface area contributed by atoms with Crippen LogP contribution in [0, 0.1) is 10.1 Å². The second kappa shape index (κ2) is 5.44. The number of aliphatic hydroxyl groups excluding tert-OH is 1. The lowest BCUT2D eigenvalue weighted by atomic mass is 10.2. The van der Waals surface area contributed by atoms with Gasteiger partial charge in [0.15, 0.2) is 0 Å². The van der Waals surface area contributed by atoms with Crippen LogP contribution < -0.4 is 10.9 Å². The number of aliphatic hydroxyl groups is 1. The van der Waals surface area contributed by atoms with Gasteiger partial charge >= 0.3 is 0 Å². The van der Waals surface area contributed by atoms with E-state index >= 15 is 0 Å². The maximum Gasteiger partial charge on any atom is 0.293 e. The smallest absolute Gasteiger partial charge is 0.293 e. The van der Waals surface area contributed by atoms with E-state index in [9.17, 15) is 14.9 Å². The zero-order chi connectivity index (χ0) is 13.8. The normalized spacial score (nSPS) is 10.6. The Hall–Kier alpha value is -2.48. The van der Waals surface area contributed by atoms with Crippen molar-refractivity contribution < 1.29 is 10.0 Å². The first kappa shape index (κ1) is 13.0. The minimum Gasteiger partial charge on any atom is -0.396 e. The van der Waals surface area contributed by atoms with Gasteiger partial charge in [-0.25, -0.2) is 4.98 Å². The van der Waals surface area contributed by atoms with Crippen molar-refractivity contribution in [3.8, 4) is 0 Å². The summed E-state index contributed by atoms with van der Waals surface area (Å²) < 4.78 is 0. The Labute approximate surface area is 107 Å². The van der Waals surface area contributed by atoms with Crippen LogP contribution in [0.2, 0.25) is 0 Å². The fourth-order valence-electron chi connectivity index (χ4n) is 1.70. The van der Waals surface area contributed by atoms with E-state index in [0.29, 0.717) is 18.5 Å². The maximum absolute atomic E-state index is 11.6. The van der Waals surface area contributed by atoms with Crippen LogP contribution in [-0.4, -0.2) is 33.1 Å². The van der Waals surface area contributed by atoms with E-state index in [4.69, 9.17) is 5.11 Å². The lowest BCUT2D eigenvalue weighted by molar-refractivity contribution is -0.383. The highest BCUT2D eigenvalue weighted by Gasteiger charge is 2.16. The molecule has 0 aliphatic heterocycles. The van der Waals surface area contributed by atoms with Gasteiger partial charge in [0.25, 0.3) is 11.2 Å². The van der Waals surface area contributed by atoms with Gasteiger partial charge in [-0.05, 0) is 12.5 Å². The average molecular weight is 264 g/mol. The van der Waals surface area contributed by atoms with Crippen LogP contribution >= 0.6 is 0 Å². The SMILES string of the molecule is O=c1[nH]cnc2cc(NCCCO)c([N+](=O)[O-])cc12. The monoisotopic (exact) mass is 264 g/mol. The molecule has 0 bridgehead atoms. The largest absolute Gasteiger partial charge is 0.396 e. The molecule has 1 heterocycles. The molecule has 2 rings (SSSR count). The molecule has 1 aromatic heterocycles. The molecule has 0 aliphatic rings. The summed E-state index contributed by atoms with van der Waals surface area (Å²) in [6, 6.07) is 2.66. The summed E-state index contributed by atoms with van der Waals surface area (Å²) in [4.78, 5) is 28.3. The van der Waals surface area contributed by atoms with Crippen LogP contribution in [0.25, 0.3) is 10.9 Å². The third-order valence-corrected chi connectivity index (χ3v) is 2.60. The van der Waals surface area contributed by atoms with Gasteiger partial charge in [0.05, 0.1) is 22.2 Å². The Bertz CT molecular complexity index is 667. The van der Waals surface area contributed by atoms with Crippen LogP contribution in [0.15, 0.2) is 23.3 Å². The van der Waals surface area contributed by atoms with Gasteiger partial charge in [0.1, 0.15) is 5.69 Å². The summed E-state index contributed by atoms with van der Waals surface area (Å²) in [5, 5.41) is 22.7. The summed E-state index contributed by atoms with van der Waals surface area (Å²) in [5.74, 6) is 0.